The minimum atomic E-state index is 0.0527. The van der Waals surface area contributed by atoms with E-state index in [1.807, 2.05) is 77.9 Å². The Hall–Kier alpha value is -3.76. The second-order valence-corrected chi connectivity index (χ2v) is 4.97. The van der Waals surface area contributed by atoms with E-state index in [2.05, 4.69) is 0 Å². The van der Waals surface area contributed by atoms with Gasteiger partial charge in [-0.05, 0) is 29.8 Å². The topological polar surface area (TPSA) is 64.0 Å². The lowest BCUT2D eigenvalue weighted by Crippen LogP contribution is -2.17. The fraction of sp³-hybridized carbons (Fsp3) is 0. The highest BCUT2D eigenvalue weighted by Gasteiger charge is 2.18. The van der Waals surface area contributed by atoms with Gasteiger partial charge in [0.25, 0.3) is 0 Å². The first-order chi connectivity index (χ1) is 11.8. The van der Waals surface area contributed by atoms with Gasteiger partial charge in [-0.1, -0.05) is 36.4 Å². The molecule has 0 radical (unpaired) electrons. The van der Waals surface area contributed by atoms with Crippen LogP contribution in [0.15, 0.2) is 88.8 Å². The summed E-state index contributed by atoms with van der Waals surface area (Å²) in [5.41, 5.74) is 2.34. The van der Waals surface area contributed by atoms with E-state index in [1.54, 1.807) is 18.4 Å². The lowest BCUT2D eigenvalue weighted by atomic mass is 10.1. The lowest BCUT2D eigenvalue weighted by molar-refractivity contribution is 0.555. The van der Waals surface area contributed by atoms with Crippen LogP contribution in [0.25, 0.3) is 11.8 Å². The molecule has 4 heteroatoms. The van der Waals surface area contributed by atoms with E-state index in [0.717, 1.165) is 11.3 Å². The van der Waals surface area contributed by atoms with Gasteiger partial charge in [0.05, 0.1) is 17.7 Å². The van der Waals surface area contributed by atoms with Crippen molar-refractivity contribution < 1.29 is 4.42 Å². The molecule has 0 saturated heterocycles. The number of benzene rings is 1. The van der Waals surface area contributed by atoms with Crippen LogP contribution in [0.2, 0.25) is 0 Å². The maximum atomic E-state index is 9.25. The maximum absolute atomic E-state index is 9.25. The van der Waals surface area contributed by atoms with E-state index in [0.29, 0.717) is 11.5 Å². The smallest absolute Gasteiger partial charge is 0.153 e. The molecular formula is C20H13N3O. The molecule has 2 heterocycles. The van der Waals surface area contributed by atoms with Gasteiger partial charge < -0.3 is 9.32 Å². The van der Waals surface area contributed by atoms with E-state index >= 15 is 0 Å². The molecular weight excluding hydrogens is 298 g/mol. The minimum absolute atomic E-state index is 0.0527. The predicted molar refractivity (Wildman–Crippen MR) is 91.4 cm³/mol. The molecule has 0 spiro atoms. The van der Waals surface area contributed by atoms with Crippen LogP contribution in [0.4, 0.5) is 0 Å². The normalized spacial score (nSPS) is 13.5. The summed E-state index contributed by atoms with van der Waals surface area (Å²) >= 11 is 0. The Morgan fingerprint density at radius 3 is 2.46 bits per heavy atom. The molecule has 0 unspecified atom stereocenters. The summed E-state index contributed by atoms with van der Waals surface area (Å²) in [5, 5.41) is 18.5. The summed E-state index contributed by atoms with van der Waals surface area (Å²) in [6.45, 7) is 0. The number of furan rings is 1. The third-order valence-corrected chi connectivity index (χ3v) is 3.49. The van der Waals surface area contributed by atoms with Crippen molar-refractivity contribution in [3.05, 3.63) is 95.7 Å². The Labute approximate surface area is 140 Å². The Morgan fingerprint density at radius 2 is 1.79 bits per heavy atom. The van der Waals surface area contributed by atoms with Crippen molar-refractivity contribution >= 4 is 11.8 Å². The summed E-state index contributed by atoms with van der Waals surface area (Å²) in [5.74, 6) is 0.687. The Balaban J connectivity index is 2.18. The number of rotatable bonds is 3. The van der Waals surface area contributed by atoms with Gasteiger partial charge in [-0.3, -0.25) is 0 Å². The summed E-state index contributed by atoms with van der Waals surface area (Å²) in [6, 6.07) is 17.3. The summed E-state index contributed by atoms with van der Waals surface area (Å²) in [6.07, 6.45) is 10.7. The highest BCUT2D eigenvalue weighted by molar-refractivity contribution is 5.81. The molecule has 0 N–H and O–H groups in total. The molecule has 0 saturated carbocycles. The molecule has 0 fully saturated rings. The lowest BCUT2D eigenvalue weighted by Gasteiger charge is -2.26. The minimum Gasteiger partial charge on any atom is -0.465 e. The zero-order chi connectivity index (χ0) is 16.8. The standard InChI is InChI=1S/C20H13N3O/c21-14-17(15-22)19-10-4-5-11-23(19)20(13-18-9-6-12-24-18)16-7-2-1-3-8-16/h1-13H/b20-13-. The molecule has 1 aromatic carbocycles. The molecule has 24 heavy (non-hydrogen) atoms. The van der Waals surface area contributed by atoms with Crippen LogP contribution in [0.3, 0.4) is 0 Å². The van der Waals surface area contributed by atoms with Crippen LogP contribution in [0.1, 0.15) is 11.3 Å². The Bertz CT molecular complexity index is 902. The van der Waals surface area contributed by atoms with Crippen molar-refractivity contribution in [3.63, 3.8) is 0 Å². The van der Waals surface area contributed by atoms with Crippen LogP contribution in [0.5, 0.6) is 0 Å². The molecule has 1 aliphatic heterocycles. The predicted octanol–water partition coefficient (Wildman–Crippen LogP) is 4.46. The zero-order valence-electron chi connectivity index (χ0n) is 12.8. The van der Waals surface area contributed by atoms with Crippen molar-refractivity contribution in [1.82, 2.24) is 4.90 Å². The van der Waals surface area contributed by atoms with E-state index < -0.39 is 0 Å². The maximum Gasteiger partial charge on any atom is 0.153 e. The summed E-state index contributed by atoms with van der Waals surface area (Å²) in [4.78, 5) is 1.82. The molecule has 1 aliphatic rings. The number of allylic oxidation sites excluding steroid dienone is 4. The van der Waals surface area contributed by atoms with Gasteiger partial charge in [0.2, 0.25) is 0 Å². The van der Waals surface area contributed by atoms with Crippen molar-refractivity contribution in [3.8, 4) is 12.1 Å². The van der Waals surface area contributed by atoms with Crippen LogP contribution >= 0.6 is 0 Å². The molecule has 2 aromatic rings. The molecule has 114 valence electrons. The number of nitriles is 2. The van der Waals surface area contributed by atoms with E-state index in [1.165, 1.54) is 0 Å². The van der Waals surface area contributed by atoms with Gasteiger partial charge in [-0.2, -0.15) is 10.5 Å². The van der Waals surface area contributed by atoms with Crippen LogP contribution in [-0.2, 0) is 0 Å². The average Bonchev–Trinajstić information content (AvgIpc) is 3.15. The number of hydrogen-bond acceptors (Lipinski definition) is 4. The first kappa shape index (κ1) is 15.1. The molecule has 0 bridgehead atoms. The zero-order valence-corrected chi connectivity index (χ0v) is 12.8. The molecule has 3 rings (SSSR count). The van der Waals surface area contributed by atoms with Gasteiger partial charge in [-0.25, -0.2) is 0 Å². The average molecular weight is 311 g/mol. The highest BCUT2D eigenvalue weighted by Crippen LogP contribution is 2.30. The van der Waals surface area contributed by atoms with Gasteiger partial charge in [-0.15, -0.1) is 0 Å². The largest absolute Gasteiger partial charge is 0.465 e. The third kappa shape index (κ3) is 3.04. The van der Waals surface area contributed by atoms with Crippen molar-refractivity contribution in [2.75, 3.05) is 0 Å². The quantitative estimate of drug-likeness (QED) is 0.785. The van der Waals surface area contributed by atoms with Gasteiger partial charge in [0.15, 0.2) is 5.57 Å². The molecule has 0 amide bonds. The second kappa shape index (κ2) is 7.00. The summed E-state index contributed by atoms with van der Waals surface area (Å²) < 4.78 is 5.43. The van der Waals surface area contributed by atoms with Gasteiger partial charge in [0.1, 0.15) is 17.9 Å². The Morgan fingerprint density at radius 1 is 1.00 bits per heavy atom. The monoisotopic (exact) mass is 311 g/mol. The van der Waals surface area contributed by atoms with Crippen LogP contribution in [0, 0.1) is 22.7 Å². The van der Waals surface area contributed by atoms with Crippen molar-refractivity contribution in [2.24, 2.45) is 0 Å². The number of nitrogens with zero attached hydrogens (tertiary/aromatic N) is 3. The van der Waals surface area contributed by atoms with Crippen molar-refractivity contribution in [2.45, 2.75) is 0 Å². The second-order valence-electron chi connectivity index (χ2n) is 4.97. The highest BCUT2D eigenvalue weighted by atomic mass is 16.3. The third-order valence-electron chi connectivity index (χ3n) is 3.49. The fourth-order valence-electron chi connectivity index (χ4n) is 2.41. The molecule has 0 atom stereocenters. The Kier molecular flexibility index (Phi) is 4.42. The van der Waals surface area contributed by atoms with Gasteiger partial charge >= 0.3 is 0 Å². The molecule has 4 nitrogen and oxygen atoms in total. The number of hydrogen-bond donors (Lipinski definition) is 0. The first-order valence-electron chi connectivity index (χ1n) is 7.32. The molecule has 1 aromatic heterocycles. The van der Waals surface area contributed by atoms with Crippen LogP contribution < -0.4 is 0 Å². The SMILES string of the molecule is N#CC(C#N)=C1C=CC=CN1/C(=C\c1ccco1)c1ccccc1. The van der Waals surface area contributed by atoms with E-state index in [4.69, 9.17) is 4.42 Å². The molecule has 0 aliphatic carbocycles. The van der Waals surface area contributed by atoms with Gasteiger partial charge in [0, 0.05) is 12.3 Å². The van der Waals surface area contributed by atoms with Crippen LogP contribution in [-0.4, -0.2) is 4.90 Å². The first-order valence-corrected chi connectivity index (χ1v) is 7.32. The van der Waals surface area contributed by atoms with E-state index in [9.17, 15) is 10.5 Å². The van der Waals surface area contributed by atoms with Crippen molar-refractivity contribution in [1.29, 1.82) is 10.5 Å². The summed E-state index contributed by atoms with van der Waals surface area (Å²) in [7, 11) is 0. The fourth-order valence-corrected chi connectivity index (χ4v) is 2.41. The van der Waals surface area contributed by atoms with E-state index in [-0.39, 0.29) is 5.57 Å².